The minimum absolute atomic E-state index is 0.0829. The minimum Gasteiger partial charge on any atom is -0.382 e. The van der Waals surface area contributed by atoms with Crippen molar-refractivity contribution in [3.05, 3.63) is 0 Å². The summed E-state index contributed by atoms with van der Waals surface area (Å²) in [6.07, 6.45) is 1.24. The van der Waals surface area contributed by atoms with Crippen molar-refractivity contribution in [3.8, 4) is 0 Å². The molecule has 1 aromatic rings. The van der Waals surface area contributed by atoms with Crippen molar-refractivity contribution in [1.82, 2.24) is 4.37 Å². The van der Waals surface area contributed by atoms with E-state index in [0.717, 1.165) is 17.8 Å². The van der Waals surface area contributed by atoms with Crippen LogP contribution in [-0.2, 0) is 14.6 Å². The summed E-state index contributed by atoms with van der Waals surface area (Å²) in [4.78, 5) is 2.12. The van der Waals surface area contributed by atoms with E-state index < -0.39 is 9.84 Å². The van der Waals surface area contributed by atoms with Crippen LogP contribution in [0.4, 0.5) is 10.8 Å². The quantitative estimate of drug-likeness (QED) is 0.839. The molecular formula is C9H15N3O3S2. The molecule has 0 aromatic carbocycles. The molecule has 0 spiro atoms. The zero-order chi connectivity index (χ0) is 12.6. The molecule has 96 valence electrons. The van der Waals surface area contributed by atoms with Crippen LogP contribution >= 0.6 is 11.5 Å². The van der Waals surface area contributed by atoms with Crippen LogP contribution in [0.5, 0.6) is 0 Å². The number of aromatic nitrogens is 1. The van der Waals surface area contributed by atoms with Crippen LogP contribution in [0.15, 0.2) is 4.90 Å². The van der Waals surface area contributed by atoms with Gasteiger partial charge < -0.3 is 15.4 Å². The first-order valence-electron chi connectivity index (χ1n) is 5.21. The van der Waals surface area contributed by atoms with E-state index in [1.807, 2.05) is 11.8 Å². The molecule has 6 nitrogen and oxygen atoms in total. The molecular weight excluding hydrogens is 262 g/mol. The molecule has 1 unspecified atom stereocenters. The molecule has 0 aliphatic carbocycles. The van der Waals surface area contributed by atoms with Crippen molar-refractivity contribution >= 4 is 32.2 Å². The fraction of sp³-hybridized carbons (Fsp3) is 0.667. The van der Waals surface area contributed by atoms with E-state index in [1.165, 1.54) is 0 Å². The van der Waals surface area contributed by atoms with Crippen molar-refractivity contribution in [2.24, 2.45) is 0 Å². The Morgan fingerprint density at radius 2 is 2.29 bits per heavy atom. The topological polar surface area (TPSA) is 85.5 Å². The average molecular weight is 277 g/mol. The van der Waals surface area contributed by atoms with Crippen LogP contribution in [0, 0.1) is 0 Å². The molecule has 8 heteroatoms. The summed E-state index contributed by atoms with van der Waals surface area (Å²) in [6.45, 7) is 3.86. The molecule has 2 rings (SSSR count). The number of anilines is 2. The van der Waals surface area contributed by atoms with Crippen LogP contribution in [0.3, 0.4) is 0 Å². The van der Waals surface area contributed by atoms with Gasteiger partial charge in [-0.15, -0.1) is 0 Å². The zero-order valence-electron chi connectivity index (χ0n) is 9.71. The summed E-state index contributed by atoms with van der Waals surface area (Å²) >= 11 is 1.13. The lowest BCUT2D eigenvalue weighted by Gasteiger charge is -2.31. The molecule has 1 aliphatic rings. The standard InChI is InChI=1S/C9H15N3O3S2/c1-6-5-12(3-4-15-6)9-7(17(2,13)14)8(10)11-16-9/h6H,3-5H2,1-2H3,(H2,10,11). The highest BCUT2D eigenvalue weighted by Gasteiger charge is 2.27. The van der Waals surface area contributed by atoms with Crippen molar-refractivity contribution < 1.29 is 13.2 Å². The van der Waals surface area contributed by atoms with Gasteiger partial charge in [-0.1, -0.05) is 0 Å². The Balaban J connectivity index is 2.39. The van der Waals surface area contributed by atoms with Crippen molar-refractivity contribution in [2.45, 2.75) is 17.9 Å². The zero-order valence-corrected chi connectivity index (χ0v) is 11.3. The number of rotatable bonds is 2. The Bertz CT molecular complexity index is 512. The number of nitrogens with two attached hydrogens (primary N) is 1. The molecule has 1 saturated heterocycles. The van der Waals surface area contributed by atoms with Gasteiger partial charge in [-0.05, 0) is 18.5 Å². The van der Waals surface area contributed by atoms with Crippen LogP contribution in [-0.4, -0.2) is 44.8 Å². The number of nitrogen functional groups attached to an aromatic ring is 1. The summed E-state index contributed by atoms with van der Waals surface area (Å²) in [7, 11) is -3.35. The third kappa shape index (κ3) is 2.53. The predicted molar refractivity (Wildman–Crippen MR) is 67.3 cm³/mol. The summed E-state index contributed by atoms with van der Waals surface area (Å²) < 4.78 is 32.7. The highest BCUT2D eigenvalue weighted by atomic mass is 32.2. The largest absolute Gasteiger partial charge is 0.382 e. The Labute approximate surface area is 104 Å². The Kier molecular flexibility index (Phi) is 3.28. The van der Waals surface area contributed by atoms with Gasteiger partial charge in [0.15, 0.2) is 15.7 Å². The molecule has 2 N–H and O–H groups in total. The van der Waals surface area contributed by atoms with Crippen LogP contribution in [0.1, 0.15) is 6.92 Å². The molecule has 1 aliphatic heterocycles. The maximum atomic E-state index is 11.7. The molecule has 0 saturated carbocycles. The molecule has 1 fully saturated rings. The Morgan fingerprint density at radius 1 is 1.59 bits per heavy atom. The number of sulfone groups is 1. The van der Waals surface area contributed by atoms with E-state index in [2.05, 4.69) is 4.37 Å². The van der Waals surface area contributed by atoms with Gasteiger partial charge >= 0.3 is 0 Å². The molecule has 0 amide bonds. The predicted octanol–water partition coefficient (Wildman–Crippen LogP) is 0.354. The van der Waals surface area contributed by atoms with E-state index in [4.69, 9.17) is 10.5 Å². The number of hydrogen-bond acceptors (Lipinski definition) is 7. The molecule has 0 radical (unpaired) electrons. The molecule has 1 atom stereocenters. The normalized spacial score (nSPS) is 21.8. The van der Waals surface area contributed by atoms with Gasteiger partial charge in [-0.25, -0.2) is 8.42 Å². The number of nitrogens with zero attached hydrogens (tertiary/aromatic N) is 2. The van der Waals surface area contributed by atoms with E-state index >= 15 is 0 Å². The lowest BCUT2D eigenvalue weighted by molar-refractivity contribution is 0.0533. The van der Waals surface area contributed by atoms with Gasteiger partial charge in [0.25, 0.3) is 0 Å². The lowest BCUT2D eigenvalue weighted by Crippen LogP contribution is -2.41. The summed E-state index contributed by atoms with van der Waals surface area (Å²) in [5.41, 5.74) is 5.63. The fourth-order valence-corrected chi connectivity index (χ4v) is 4.08. The molecule has 17 heavy (non-hydrogen) atoms. The van der Waals surface area contributed by atoms with Crippen molar-refractivity contribution in [2.75, 3.05) is 36.6 Å². The van der Waals surface area contributed by atoms with Crippen molar-refractivity contribution in [1.29, 1.82) is 0 Å². The van der Waals surface area contributed by atoms with Crippen LogP contribution in [0.25, 0.3) is 0 Å². The fourth-order valence-electron chi connectivity index (χ4n) is 1.84. The second kappa shape index (κ2) is 4.43. The van der Waals surface area contributed by atoms with Crippen LogP contribution in [0.2, 0.25) is 0 Å². The van der Waals surface area contributed by atoms with Gasteiger partial charge in [0.05, 0.1) is 12.7 Å². The minimum atomic E-state index is -3.35. The smallest absolute Gasteiger partial charge is 0.182 e. The van der Waals surface area contributed by atoms with E-state index in [0.29, 0.717) is 24.7 Å². The highest BCUT2D eigenvalue weighted by molar-refractivity contribution is 7.91. The van der Waals surface area contributed by atoms with Gasteiger partial charge in [-0.2, -0.15) is 4.37 Å². The van der Waals surface area contributed by atoms with Gasteiger partial charge in [-0.3, -0.25) is 0 Å². The van der Waals surface area contributed by atoms with E-state index in [1.54, 1.807) is 0 Å². The molecule has 2 heterocycles. The van der Waals surface area contributed by atoms with Gasteiger partial charge in [0.1, 0.15) is 9.90 Å². The van der Waals surface area contributed by atoms with Gasteiger partial charge in [0, 0.05) is 19.3 Å². The molecule has 1 aromatic heterocycles. The van der Waals surface area contributed by atoms with E-state index in [-0.39, 0.29) is 16.8 Å². The van der Waals surface area contributed by atoms with E-state index in [9.17, 15) is 8.42 Å². The average Bonchev–Trinajstić information content (AvgIpc) is 2.59. The second-order valence-corrected chi connectivity index (χ2v) is 6.81. The van der Waals surface area contributed by atoms with Gasteiger partial charge in [0.2, 0.25) is 0 Å². The maximum absolute atomic E-state index is 11.7. The first-order valence-corrected chi connectivity index (χ1v) is 7.88. The monoisotopic (exact) mass is 277 g/mol. The third-order valence-corrected chi connectivity index (χ3v) is 4.75. The SMILES string of the molecule is CC1CN(c2snc(N)c2S(C)(=O)=O)CCO1. The van der Waals surface area contributed by atoms with Crippen molar-refractivity contribution in [3.63, 3.8) is 0 Å². The number of ether oxygens (including phenoxy) is 1. The first kappa shape index (κ1) is 12.6. The summed E-state index contributed by atoms with van der Waals surface area (Å²) in [5, 5.41) is 0.625. The van der Waals surface area contributed by atoms with Crippen LogP contribution < -0.4 is 10.6 Å². The Morgan fingerprint density at radius 3 is 2.88 bits per heavy atom. The third-order valence-electron chi connectivity index (χ3n) is 2.56. The maximum Gasteiger partial charge on any atom is 0.182 e. The number of morpholine rings is 1. The Hall–Kier alpha value is -0.860. The summed E-state index contributed by atoms with van der Waals surface area (Å²) in [6, 6.07) is 0. The molecule has 0 bridgehead atoms. The second-order valence-electron chi connectivity index (χ2n) is 4.10. The first-order chi connectivity index (χ1) is 7.89. The highest BCUT2D eigenvalue weighted by Crippen LogP contribution is 2.35. The lowest BCUT2D eigenvalue weighted by atomic mass is 10.3. The summed E-state index contributed by atoms with van der Waals surface area (Å²) in [5.74, 6) is 0.0895. The number of hydrogen-bond donors (Lipinski definition) is 1.